The number of rotatable bonds is 6. The van der Waals surface area contributed by atoms with Crippen LogP contribution in [0.4, 0.5) is 0 Å². The molecule has 1 aromatic rings. The highest BCUT2D eigenvalue weighted by atomic mass is 32.1. The first kappa shape index (κ1) is 16.1. The molecule has 5 nitrogen and oxygen atoms in total. The van der Waals surface area contributed by atoms with Crippen molar-refractivity contribution in [3.05, 3.63) is 16.1 Å². The Morgan fingerprint density at radius 2 is 2.26 bits per heavy atom. The number of hydrogen-bond donors (Lipinski definition) is 3. The fraction of sp³-hybridized carbons (Fsp3) is 0.692. The number of carbonyl (C=O) groups excluding carboxylic acids is 1. The van der Waals surface area contributed by atoms with E-state index in [0.717, 1.165) is 5.01 Å². The van der Waals surface area contributed by atoms with Gasteiger partial charge in [-0.25, -0.2) is 4.98 Å². The molecule has 4 N–H and O–H groups in total. The van der Waals surface area contributed by atoms with E-state index in [1.54, 1.807) is 5.38 Å². The number of nitrogens with two attached hydrogens (primary N) is 1. The van der Waals surface area contributed by atoms with Gasteiger partial charge in [0.05, 0.1) is 5.01 Å². The van der Waals surface area contributed by atoms with Crippen molar-refractivity contribution in [1.29, 1.82) is 0 Å². The van der Waals surface area contributed by atoms with Gasteiger partial charge in [-0.15, -0.1) is 11.3 Å². The standard InChI is InChI=1S/C13H23N3O2S/c1-13(2,3)10(5-7-17)16-12(18)9-8-19-11(15-9)4-6-14/h8,10,17H,4-7,14H2,1-3H3,(H,16,18). The monoisotopic (exact) mass is 285 g/mol. The molecule has 0 saturated heterocycles. The summed E-state index contributed by atoms with van der Waals surface area (Å²) in [4.78, 5) is 16.4. The quantitative estimate of drug-likeness (QED) is 0.732. The zero-order valence-corrected chi connectivity index (χ0v) is 12.6. The minimum Gasteiger partial charge on any atom is -0.396 e. The van der Waals surface area contributed by atoms with Crippen molar-refractivity contribution in [2.45, 2.75) is 39.7 Å². The summed E-state index contributed by atoms with van der Waals surface area (Å²) in [5, 5.41) is 14.6. The topological polar surface area (TPSA) is 88.2 Å². The largest absolute Gasteiger partial charge is 0.396 e. The molecule has 1 unspecified atom stereocenters. The van der Waals surface area contributed by atoms with Crippen molar-refractivity contribution in [3.8, 4) is 0 Å². The van der Waals surface area contributed by atoms with E-state index in [4.69, 9.17) is 10.8 Å². The average molecular weight is 285 g/mol. The van der Waals surface area contributed by atoms with Gasteiger partial charge >= 0.3 is 0 Å². The van der Waals surface area contributed by atoms with E-state index < -0.39 is 0 Å². The highest BCUT2D eigenvalue weighted by Crippen LogP contribution is 2.22. The molecule has 0 aromatic carbocycles. The molecule has 19 heavy (non-hydrogen) atoms. The Labute approximate surface area is 118 Å². The molecular formula is C13H23N3O2S. The summed E-state index contributed by atoms with van der Waals surface area (Å²) in [6, 6.07) is -0.0790. The van der Waals surface area contributed by atoms with E-state index in [-0.39, 0.29) is 24.0 Å². The molecule has 0 fully saturated rings. The SMILES string of the molecule is CC(C)(C)C(CCO)NC(=O)c1csc(CCN)n1. The number of aliphatic hydroxyl groups is 1. The first-order valence-electron chi connectivity index (χ1n) is 6.44. The molecule has 1 rings (SSSR count). The van der Waals surface area contributed by atoms with Crippen LogP contribution in [0.2, 0.25) is 0 Å². The predicted octanol–water partition coefficient (Wildman–Crippen LogP) is 1.17. The fourth-order valence-electron chi connectivity index (χ4n) is 1.74. The summed E-state index contributed by atoms with van der Waals surface area (Å²) in [6.07, 6.45) is 1.23. The number of thiazole rings is 1. The number of nitrogens with one attached hydrogen (secondary N) is 1. The second kappa shape index (κ2) is 6.98. The van der Waals surface area contributed by atoms with Crippen LogP contribution in [0.5, 0.6) is 0 Å². The number of nitrogens with zero attached hydrogens (tertiary/aromatic N) is 1. The molecule has 1 heterocycles. The van der Waals surface area contributed by atoms with Crippen LogP contribution in [0.3, 0.4) is 0 Å². The van der Waals surface area contributed by atoms with Crippen LogP contribution in [0.25, 0.3) is 0 Å². The fourth-order valence-corrected chi connectivity index (χ4v) is 2.53. The van der Waals surface area contributed by atoms with Gasteiger partial charge in [0, 0.05) is 24.4 Å². The van der Waals surface area contributed by atoms with Gasteiger partial charge in [0.15, 0.2) is 0 Å². The number of hydrogen-bond acceptors (Lipinski definition) is 5. The highest BCUT2D eigenvalue weighted by molar-refractivity contribution is 7.09. The van der Waals surface area contributed by atoms with Crippen molar-refractivity contribution in [3.63, 3.8) is 0 Å². The molecule has 1 atom stereocenters. The number of amides is 1. The number of carbonyl (C=O) groups is 1. The molecule has 0 aliphatic rings. The Bertz CT molecular complexity index is 412. The van der Waals surface area contributed by atoms with Crippen molar-refractivity contribution < 1.29 is 9.90 Å². The molecule has 6 heteroatoms. The van der Waals surface area contributed by atoms with Gasteiger partial charge in [-0.2, -0.15) is 0 Å². The molecule has 1 amide bonds. The smallest absolute Gasteiger partial charge is 0.270 e. The van der Waals surface area contributed by atoms with Gasteiger partial charge in [0.2, 0.25) is 0 Å². The lowest BCUT2D eigenvalue weighted by atomic mass is 9.85. The van der Waals surface area contributed by atoms with Gasteiger partial charge in [0.1, 0.15) is 5.69 Å². The average Bonchev–Trinajstić information content (AvgIpc) is 2.76. The summed E-state index contributed by atoms with van der Waals surface area (Å²) in [5.74, 6) is -0.187. The summed E-state index contributed by atoms with van der Waals surface area (Å²) < 4.78 is 0. The number of aliphatic hydroxyl groups excluding tert-OH is 1. The highest BCUT2D eigenvalue weighted by Gasteiger charge is 2.26. The second-order valence-corrected chi connectivity index (χ2v) is 6.51. The van der Waals surface area contributed by atoms with E-state index in [1.807, 2.05) is 20.8 Å². The first-order valence-corrected chi connectivity index (χ1v) is 7.32. The molecule has 0 bridgehead atoms. The lowest BCUT2D eigenvalue weighted by Crippen LogP contribution is -2.44. The Morgan fingerprint density at radius 3 is 2.79 bits per heavy atom. The Balaban J connectivity index is 2.70. The maximum atomic E-state index is 12.1. The lowest BCUT2D eigenvalue weighted by molar-refractivity contribution is 0.0880. The van der Waals surface area contributed by atoms with Gasteiger partial charge in [-0.05, 0) is 18.4 Å². The summed E-state index contributed by atoms with van der Waals surface area (Å²) in [5.41, 5.74) is 5.79. The second-order valence-electron chi connectivity index (χ2n) is 5.57. The first-order chi connectivity index (χ1) is 8.88. The number of aromatic nitrogens is 1. The van der Waals surface area contributed by atoms with Crippen LogP contribution in [0.1, 0.15) is 42.7 Å². The molecule has 0 aliphatic heterocycles. The van der Waals surface area contributed by atoms with Crippen LogP contribution < -0.4 is 11.1 Å². The lowest BCUT2D eigenvalue weighted by Gasteiger charge is -2.30. The zero-order chi connectivity index (χ0) is 14.5. The third-order valence-electron chi connectivity index (χ3n) is 2.91. The molecule has 1 aromatic heterocycles. The van der Waals surface area contributed by atoms with Crippen LogP contribution >= 0.6 is 11.3 Å². The van der Waals surface area contributed by atoms with Gasteiger partial charge < -0.3 is 16.2 Å². The van der Waals surface area contributed by atoms with Gasteiger partial charge in [0.25, 0.3) is 5.91 Å². The summed E-state index contributed by atoms with van der Waals surface area (Å²) >= 11 is 1.45. The van der Waals surface area contributed by atoms with E-state index in [0.29, 0.717) is 25.1 Å². The van der Waals surface area contributed by atoms with Crippen molar-refractivity contribution in [1.82, 2.24) is 10.3 Å². The molecule has 0 aliphatic carbocycles. The molecule has 108 valence electrons. The maximum absolute atomic E-state index is 12.1. The van der Waals surface area contributed by atoms with E-state index in [1.165, 1.54) is 11.3 Å². The van der Waals surface area contributed by atoms with E-state index in [2.05, 4.69) is 10.3 Å². The minimum absolute atomic E-state index is 0.0533. The van der Waals surface area contributed by atoms with Crippen LogP contribution in [0.15, 0.2) is 5.38 Å². The molecule has 0 saturated carbocycles. The summed E-state index contributed by atoms with van der Waals surface area (Å²) in [6.45, 7) is 6.69. The minimum atomic E-state index is -0.187. The third-order valence-corrected chi connectivity index (χ3v) is 3.82. The van der Waals surface area contributed by atoms with Gasteiger partial charge in [-0.3, -0.25) is 4.79 Å². The summed E-state index contributed by atoms with van der Waals surface area (Å²) in [7, 11) is 0. The maximum Gasteiger partial charge on any atom is 0.270 e. The Hall–Kier alpha value is -0.980. The van der Waals surface area contributed by atoms with Crippen LogP contribution in [-0.4, -0.2) is 35.2 Å². The van der Waals surface area contributed by atoms with Crippen molar-refractivity contribution in [2.24, 2.45) is 11.1 Å². The molecule has 0 radical (unpaired) electrons. The Morgan fingerprint density at radius 1 is 1.58 bits per heavy atom. The van der Waals surface area contributed by atoms with E-state index >= 15 is 0 Å². The molecular weight excluding hydrogens is 262 g/mol. The Kier molecular flexibility index (Phi) is 5.90. The third kappa shape index (κ3) is 4.89. The van der Waals surface area contributed by atoms with Crippen molar-refractivity contribution >= 4 is 17.2 Å². The van der Waals surface area contributed by atoms with Gasteiger partial charge in [-0.1, -0.05) is 20.8 Å². The van der Waals surface area contributed by atoms with Crippen LogP contribution in [0, 0.1) is 5.41 Å². The van der Waals surface area contributed by atoms with Crippen molar-refractivity contribution in [2.75, 3.05) is 13.2 Å². The van der Waals surface area contributed by atoms with Crippen LogP contribution in [-0.2, 0) is 6.42 Å². The zero-order valence-electron chi connectivity index (χ0n) is 11.8. The molecule has 0 spiro atoms. The normalized spacial score (nSPS) is 13.3. The predicted molar refractivity (Wildman–Crippen MR) is 77.3 cm³/mol. The van der Waals surface area contributed by atoms with E-state index in [9.17, 15) is 4.79 Å².